The Morgan fingerprint density at radius 1 is 1.20 bits per heavy atom. The molecule has 158 valence electrons. The van der Waals surface area contributed by atoms with E-state index in [0.717, 1.165) is 16.7 Å². The number of urea groups is 1. The number of rotatable bonds is 2. The number of hydrogen-bond acceptors (Lipinski definition) is 4. The van der Waals surface area contributed by atoms with Gasteiger partial charge in [0.25, 0.3) is 0 Å². The lowest BCUT2D eigenvalue weighted by atomic mass is 9.76. The molecule has 0 aromatic heterocycles. The maximum absolute atomic E-state index is 13.6. The van der Waals surface area contributed by atoms with Crippen molar-refractivity contribution in [3.05, 3.63) is 58.9 Å². The summed E-state index contributed by atoms with van der Waals surface area (Å²) in [6, 6.07) is 9.56. The Morgan fingerprint density at radius 2 is 1.90 bits per heavy atom. The summed E-state index contributed by atoms with van der Waals surface area (Å²) in [4.78, 5) is 23.9. The minimum atomic E-state index is -0.945. The molecule has 0 aliphatic carbocycles. The second-order valence-corrected chi connectivity index (χ2v) is 8.79. The average Bonchev–Trinajstić information content (AvgIpc) is 2.58. The lowest BCUT2D eigenvalue weighted by molar-refractivity contribution is -0.131. The summed E-state index contributed by atoms with van der Waals surface area (Å²) in [5.74, 6) is 0.0677. The van der Waals surface area contributed by atoms with Crippen molar-refractivity contribution in [2.24, 2.45) is 0 Å². The number of benzene rings is 2. The van der Waals surface area contributed by atoms with Crippen molar-refractivity contribution >= 4 is 12.0 Å². The van der Waals surface area contributed by atoms with E-state index in [-0.39, 0.29) is 17.8 Å². The maximum atomic E-state index is 13.6. The molecule has 1 fully saturated rings. The van der Waals surface area contributed by atoms with Gasteiger partial charge in [0.1, 0.15) is 17.3 Å². The van der Waals surface area contributed by atoms with Gasteiger partial charge in [0, 0.05) is 42.9 Å². The largest absolute Gasteiger partial charge is 0.467 e. The molecule has 0 bridgehead atoms. The van der Waals surface area contributed by atoms with Gasteiger partial charge >= 0.3 is 12.0 Å². The molecular formula is C23H25FN2O4. The zero-order chi connectivity index (χ0) is 21.7. The van der Waals surface area contributed by atoms with E-state index >= 15 is 0 Å². The Balaban J connectivity index is 1.85. The highest BCUT2D eigenvalue weighted by Gasteiger charge is 2.50. The molecule has 2 atom stereocenters. The van der Waals surface area contributed by atoms with Crippen molar-refractivity contribution in [2.45, 2.75) is 57.7 Å². The molecule has 1 spiro atoms. The Morgan fingerprint density at radius 3 is 2.53 bits per heavy atom. The summed E-state index contributed by atoms with van der Waals surface area (Å²) < 4.78 is 25.3. The normalized spacial score (nSPS) is 24.3. The average molecular weight is 412 g/mol. The second-order valence-electron chi connectivity index (χ2n) is 8.79. The fraction of sp³-hybridized carbons (Fsp3) is 0.391. The number of hydrogen-bond donors (Lipinski definition) is 2. The number of amides is 2. The standard InChI is InChI=1S/C23H25FN2O4/c1-13-9-17(29-14(2)27)10-19-20(13)18(15-5-7-16(24)8-6-15)11-23(30-19)12-22(3,4)25-21(28)26-23/h5-10,18H,11-12H2,1-4H3,(H2,25,26,28). The minimum Gasteiger partial charge on any atom is -0.467 e. The van der Waals surface area contributed by atoms with E-state index in [1.165, 1.54) is 19.1 Å². The number of aryl methyl sites for hydroxylation is 1. The van der Waals surface area contributed by atoms with E-state index in [9.17, 15) is 14.0 Å². The fourth-order valence-electron chi connectivity index (χ4n) is 4.69. The summed E-state index contributed by atoms with van der Waals surface area (Å²) >= 11 is 0. The molecule has 2 N–H and O–H groups in total. The van der Waals surface area contributed by atoms with Crippen LogP contribution < -0.4 is 20.1 Å². The molecular weight excluding hydrogens is 387 g/mol. The Hall–Kier alpha value is -3.09. The fourth-order valence-corrected chi connectivity index (χ4v) is 4.69. The molecule has 6 nitrogen and oxygen atoms in total. The predicted molar refractivity (Wildman–Crippen MR) is 109 cm³/mol. The molecule has 30 heavy (non-hydrogen) atoms. The van der Waals surface area contributed by atoms with Gasteiger partial charge in [0.05, 0.1) is 0 Å². The number of fused-ring (bicyclic) bond motifs is 1. The lowest BCUT2D eigenvalue weighted by Gasteiger charge is -2.49. The van der Waals surface area contributed by atoms with Crippen molar-refractivity contribution in [1.82, 2.24) is 10.6 Å². The van der Waals surface area contributed by atoms with Crippen LogP contribution in [0.2, 0.25) is 0 Å². The molecule has 2 aromatic carbocycles. The summed E-state index contributed by atoms with van der Waals surface area (Å²) in [7, 11) is 0. The number of esters is 1. The van der Waals surface area contributed by atoms with Crippen LogP contribution in [-0.2, 0) is 4.79 Å². The third kappa shape index (κ3) is 3.84. The topological polar surface area (TPSA) is 76.7 Å². The van der Waals surface area contributed by atoms with Crippen LogP contribution in [0, 0.1) is 12.7 Å². The Bertz CT molecular complexity index is 1020. The van der Waals surface area contributed by atoms with Crippen LogP contribution in [0.3, 0.4) is 0 Å². The molecule has 2 amide bonds. The maximum Gasteiger partial charge on any atom is 0.318 e. The SMILES string of the molecule is CC(=O)Oc1cc(C)c2c(c1)OC1(CC2c2ccc(F)cc2)CC(C)(C)NC(=O)N1. The first-order chi connectivity index (χ1) is 14.1. The van der Waals surface area contributed by atoms with Crippen LogP contribution in [0.4, 0.5) is 9.18 Å². The van der Waals surface area contributed by atoms with Crippen molar-refractivity contribution < 1.29 is 23.5 Å². The number of carbonyl (C=O) groups excluding carboxylic acids is 2. The molecule has 4 rings (SSSR count). The zero-order valence-corrected chi connectivity index (χ0v) is 17.5. The molecule has 1 saturated heterocycles. The Labute approximate surface area is 174 Å². The van der Waals surface area contributed by atoms with Crippen LogP contribution in [0.25, 0.3) is 0 Å². The Kier molecular flexibility index (Phi) is 4.71. The van der Waals surface area contributed by atoms with Gasteiger partial charge in [-0.25, -0.2) is 9.18 Å². The number of ether oxygens (including phenoxy) is 2. The second kappa shape index (κ2) is 7.00. The minimum absolute atomic E-state index is 0.130. The highest BCUT2D eigenvalue weighted by molar-refractivity contribution is 5.77. The number of carbonyl (C=O) groups is 2. The van der Waals surface area contributed by atoms with E-state index < -0.39 is 17.2 Å². The van der Waals surface area contributed by atoms with Gasteiger partial charge in [-0.3, -0.25) is 4.79 Å². The van der Waals surface area contributed by atoms with Crippen molar-refractivity contribution in [1.29, 1.82) is 0 Å². The molecule has 2 heterocycles. The van der Waals surface area contributed by atoms with Crippen LogP contribution in [0.15, 0.2) is 36.4 Å². The number of halogens is 1. The first-order valence-electron chi connectivity index (χ1n) is 9.94. The highest BCUT2D eigenvalue weighted by Crippen LogP contribution is 2.49. The first-order valence-corrected chi connectivity index (χ1v) is 9.94. The van der Waals surface area contributed by atoms with Gasteiger partial charge in [-0.1, -0.05) is 12.1 Å². The third-order valence-corrected chi connectivity index (χ3v) is 5.56. The summed E-state index contributed by atoms with van der Waals surface area (Å²) in [5, 5.41) is 5.88. The van der Waals surface area contributed by atoms with Gasteiger partial charge in [-0.05, 0) is 50.1 Å². The van der Waals surface area contributed by atoms with E-state index in [4.69, 9.17) is 9.47 Å². The van der Waals surface area contributed by atoms with E-state index in [0.29, 0.717) is 24.3 Å². The van der Waals surface area contributed by atoms with Gasteiger partial charge in [0.2, 0.25) is 0 Å². The number of nitrogens with one attached hydrogen (secondary N) is 2. The van der Waals surface area contributed by atoms with E-state index in [2.05, 4.69) is 10.6 Å². The van der Waals surface area contributed by atoms with Crippen molar-refractivity contribution in [2.75, 3.05) is 0 Å². The third-order valence-electron chi connectivity index (χ3n) is 5.56. The van der Waals surface area contributed by atoms with Gasteiger partial charge in [0.15, 0.2) is 5.72 Å². The van der Waals surface area contributed by atoms with Crippen LogP contribution >= 0.6 is 0 Å². The lowest BCUT2D eigenvalue weighted by Crippen LogP contribution is -2.69. The van der Waals surface area contributed by atoms with Crippen LogP contribution in [-0.4, -0.2) is 23.3 Å². The van der Waals surface area contributed by atoms with Gasteiger partial charge in [-0.15, -0.1) is 0 Å². The highest BCUT2D eigenvalue weighted by atomic mass is 19.1. The zero-order valence-electron chi connectivity index (χ0n) is 17.5. The van der Waals surface area contributed by atoms with E-state index in [1.807, 2.05) is 20.8 Å². The molecule has 0 saturated carbocycles. The molecule has 2 aliphatic rings. The van der Waals surface area contributed by atoms with Gasteiger partial charge in [-0.2, -0.15) is 0 Å². The quantitative estimate of drug-likeness (QED) is 0.574. The summed E-state index contributed by atoms with van der Waals surface area (Å²) in [6.45, 7) is 7.16. The predicted octanol–water partition coefficient (Wildman–Crippen LogP) is 4.15. The van der Waals surface area contributed by atoms with Crippen molar-refractivity contribution in [3.63, 3.8) is 0 Å². The summed E-state index contributed by atoms with van der Waals surface area (Å²) in [6.07, 6.45) is 1.02. The van der Waals surface area contributed by atoms with Crippen LogP contribution in [0.1, 0.15) is 56.2 Å². The molecule has 2 aromatic rings. The molecule has 0 radical (unpaired) electrons. The summed E-state index contributed by atoms with van der Waals surface area (Å²) in [5.41, 5.74) is 1.34. The molecule has 2 aliphatic heterocycles. The molecule has 7 heteroatoms. The first kappa shape index (κ1) is 20.2. The van der Waals surface area contributed by atoms with Crippen LogP contribution in [0.5, 0.6) is 11.5 Å². The van der Waals surface area contributed by atoms with Crippen molar-refractivity contribution in [3.8, 4) is 11.5 Å². The molecule has 2 unspecified atom stereocenters. The smallest absolute Gasteiger partial charge is 0.318 e. The monoisotopic (exact) mass is 412 g/mol. The van der Waals surface area contributed by atoms with Gasteiger partial charge < -0.3 is 20.1 Å². The van der Waals surface area contributed by atoms with E-state index in [1.54, 1.807) is 24.3 Å².